The van der Waals surface area contributed by atoms with Gasteiger partial charge in [-0.2, -0.15) is 0 Å². The van der Waals surface area contributed by atoms with Gasteiger partial charge in [-0.05, 0) is 19.4 Å². The van der Waals surface area contributed by atoms with E-state index in [1.54, 1.807) is 24.3 Å². The Bertz CT molecular complexity index is 412. The first-order valence-electron chi connectivity index (χ1n) is 4.54. The molecule has 0 bridgehead atoms. The van der Waals surface area contributed by atoms with E-state index >= 15 is 0 Å². The van der Waals surface area contributed by atoms with Crippen LogP contribution < -0.4 is 0 Å². The lowest BCUT2D eigenvalue weighted by atomic mass is 9.92. The zero-order chi connectivity index (χ0) is 11.4. The van der Waals surface area contributed by atoms with E-state index in [-0.39, 0.29) is 11.6 Å². The molecular weight excluding hydrogens is 190 g/mol. The summed E-state index contributed by atoms with van der Waals surface area (Å²) in [5.41, 5.74) is 1.16. The highest BCUT2D eigenvalue weighted by molar-refractivity contribution is 6.05. The van der Waals surface area contributed by atoms with E-state index in [4.69, 9.17) is 6.57 Å². The Labute approximate surface area is 88.5 Å². The Morgan fingerprint density at radius 3 is 1.93 bits per heavy atom. The molecule has 15 heavy (non-hydrogen) atoms. The van der Waals surface area contributed by atoms with Crippen LogP contribution in [-0.4, -0.2) is 11.6 Å². The van der Waals surface area contributed by atoms with Crippen molar-refractivity contribution in [3.63, 3.8) is 0 Å². The molecule has 0 aliphatic carbocycles. The molecule has 0 saturated carbocycles. The fraction of sp³-hybridized carbons (Fsp3) is 0.250. The van der Waals surface area contributed by atoms with Crippen molar-refractivity contribution in [2.24, 2.45) is 0 Å². The van der Waals surface area contributed by atoms with Crippen LogP contribution in [0, 0.1) is 6.57 Å². The summed E-state index contributed by atoms with van der Waals surface area (Å²) < 4.78 is 0. The van der Waals surface area contributed by atoms with Crippen molar-refractivity contribution in [3.05, 3.63) is 41.2 Å². The van der Waals surface area contributed by atoms with E-state index in [9.17, 15) is 9.59 Å². The molecule has 0 fully saturated rings. The Hall–Kier alpha value is -1.95. The van der Waals surface area contributed by atoms with Crippen molar-refractivity contribution in [2.45, 2.75) is 19.8 Å². The number of rotatable bonds is 3. The van der Waals surface area contributed by atoms with Gasteiger partial charge >= 0.3 is 0 Å². The first kappa shape index (κ1) is 11.1. The maximum absolute atomic E-state index is 11.3. The predicted octanol–water partition coefficient (Wildman–Crippen LogP) is 2.50. The van der Waals surface area contributed by atoms with Crippen LogP contribution in [0.15, 0.2) is 24.3 Å². The summed E-state index contributed by atoms with van der Waals surface area (Å²) in [4.78, 5) is 25.8. The molecule has 0 atom stereocenters. The van der Waals surface area contributed by atoms with Gasteiger partial charge in [-0.25, -0.2) is 4.85 Å². The Kier molecular flexibility index (Phi) is 3.35. The lowest BCUT2D eigenvalue weighted by molar-refractivity contribution is -0.126. The molecule has 0 N–H and O–H groups in total. The molecule has 0 radical (unpaired) electrons. The molecule has 0 spiro atoms. The monoisotopic (exact) mass is 201 g/mol. The fourth-order valence-corrected chi connectivity index (χ4v) is 1.50. The molecule has 0 aromatic heterocycles. The Morgan fingerprint density at radius 2 is 1.60 bits per heavy atom. The second-order valence-electron chi connectivity index (χ2n) is 3.36. The van der Waals surface area contributed by atoms with Crippen LogP contribution in [0.2, 0.25) is 0 Å². The van der Waals surface area contributed by atoms with E-state index < -0.39 is 5.92 Å². The summed E-state index contributed by atoms with van der Waals surface area (Å²) in [6.45, 7) is 9.58. The molecule has 1 aromatic carbocycles. The minimum Gasteiger partial charge on any atom is -0.299 e. The molecule has 0 amide bonds. The molecule has 3 nitrogen and oxygen atoms in total. The van der Waals surface area contributed by atoms with Crippen LogP contribution >= 0.6 is 0 Å². The number of hydrogen-bond donors (Lipinski definition) is 0. The van der Waals surface area contributed by atoms with Crippen LogP contribution in [0.1, 0.15) is 25.3 Å². The second-order valence-corrected chi connectivity index (χ2v) is 3.36. The van der Waals surface area contributed by atoms with Crippen molar-refractivity contribution in [2.75, 3.05) is 0 Å². The number of hydrogen-bond acceptors (Lipinski definition) is 2. The fourth-order valence-electron chi connectivity index (χ4n) is 1.50. The maximum atomic E-state index is 11.3. The van der Waals surface area contributed by atoms with Crippen molar-refractivity contribution in [1.82, 2.24) is 0 Å². The summed E-state index contributed by atoms with van der Waals surface area (Å²) in [6.07, 6.45) is 0. The first-order chi connectivity index (χ1) is 7.06. The van der Waals surface area contributed by atoms with Gasteiger partial charge in [0.15, 0.2) is 5.69 Å². The summed E-state index contributed by atoms with van der Waals surface area (Å²) in [7, 11) is 0. The predicted molar refractivity (Wildman–Crippen MR) is 56.8 cm³/mol. The third kappa shape index (κ3) is 2.50. The van der Waals surface area contributed by atoms with E-state index in [1.807, 2.05) is 0 Å². The number of benzene rings is 1. The number of ketones is 2. The van der Waals surface area contributed by atoms with Gasteiger partial charge in [0.2, 0.25) is 0 Å². The second kappa shape index (κ2) is 4.52. The minimum atomic E-state index is -0.690. The molecule has 0 aliphatic heterocycles. The highest BCUT2D eigenvalue weighted by atomic mass is 16.1. The average molecular weight is 201 g/mol. The van der Waals surface area contributed by atoms with Gasteiger partial charge < -0.3 is 0 Å². The zero-order valence-electron chi connectivity index (χ0n) is 8.65. The molecule has 0 unspecified atom stereocenters. The summed E-state index contributed by atoms with van der Waals surface area (Å²) in [5, 5.41) is 0. The van der Waals surface area contributed by atoms with Crippen LogP contribution in [0.5, 0.6) is 0 Å². The lowest BCUT2D eigenvalue weighted by Gasteiger charge is -2.10. The lowest BCUT2D eigenvalue weighted by Crippen LogP contribution is -2.16. The molecule has 1 rings (SSSR count). The van der Waals surface area contributed by atoms with Gasteiger partial charge in [0, 0.05) is 0 Å². The van der Waals surface area contributed by atoms with Gasteiger partial charge in [-0.1, -0.05) is 24.3 Å². The summed E-state index contributed by atoms with van der Waals surface area (Å²) in [5.74, 6) is -1.03. The van der Waals surface area contributed by atoms with Gasteiger partial charge in [-0.3, -0.25) is 9.59 Å². The van der Waals surface area contributed by atoms with Gasteiger partial charge in [0.05, 0.1) is 6.57 Å². The highest BCUT2D eigenvalue weighted by Crippen LogP contribution is 2.21. The minimum absolute atomic E-state index is 0.168. The smallest absolute Gasteiger partial charge is 0.187 e. The first-order valence-corrected chi connectivity index (χ1v) is 4.54. The van der Waals surface area contributed by atoms with E-state index in [0.29, 0.717) is 11.3 Å². The van der Waals surface area contributed by atoms with E-state index in [1.165, 1.54) is 13.8 Å². The van der Waals surface area contributed by atoms with Gasteiger partial charge in [0.25, 0.3) is 0 Å². The molecular formula is C12H11NO2. The molecule has 1 aromatic rings. The molecule has 0 saturated heterocycles. The van der Waals surface area contributed by atoms with Crippen LogP contribution in [0.4, 0.5) is 5.69 Å². The molecule has 0 heterocycles. The largest absolute Gasteiger partial charge is 0.299 e. The van der Waals surface area contributed by atoms with Crippen LogP contribution in [-0.2, 0) is 9.59 Å². The van der Waals surface area contributed by atoms with Crippen molar-refractivity contribution < 1.29 is 9.59 Å². The molecule has 76 valence electrons. The average Bonchev–Trinajstić information content (AvgIpc) is 2.18. The highest BCUT2D eigenvalue weighted by Gasteiger charge is 2.21. The van der Waals surface area contributed by atoms with E-state index in [2.05, 4.69) is 4.85 Å². The Balaban J connectivity index is 3.09. The number of nitrogens with zero attached hydrogens (tertiary/aromatic N) is 1. The summed E-state index contributed by atoms with van der Waals surface area (Å²) in [6, 6.07) is 6.53. The van der Waals surface area contributed by atoms with Crippen LogP contribution in [0.3, 0.4) is 0 Å². The third-order valence-corrected chi connectivity index (χ3v) is 2.17. The zero-order valence-corrected chi connectivity index (χ0v) is 8.65. The normalized spacial score (nSPS) is 9.73. The van der Waals surface area contributed by atoms with Gasteiger partial charge in [0.1, 0.15) is 17.5 Å². The topological polar surface area (TPSA) is 38.5 Å². The third-order valence-electron chi connectivity index (χ3n) is 2.17. The number of Topliss-reactive ketones (excluding diaryl/α,β-unsaturated/α-hetero) is 2. The standard InChI is InChI=1S/C12H11NO2/c1-8(14)12(9(2)15)10-4-6-11(13-3)7-5-10/h4-7,12H,1-2H3. The van der Waals surface area contributed by atoms with Crippen molar-refractivity contribution in [1.29, 1.82) is 0 Å². The Morgan fingerprint density at radius 1 is 1.13 bits per heavy atom. The quantitative estimate of drug-likeness (QED) is 0.556. The number of carbonyl (C=O) groups is 2. The molecule has 0 aliphatic rings. The summed E-state index contributed by atoms with van der Waals surface area (Å²) >= 11 is 0. The van der Waals surface area contributed by atoms with E-state index in [0.717, 1.165) is 0 Å². The van der Waals surface area contributed by atoms with Crippen LogP contribution in [0.25, 0.3) is 4.85 Å². The maximum Gasteiger partial charge on any atom is 0.187 e. The SMILES string of the molecule is [C-]#[N+]c1ccc(C(C(C)=O)C(C)=O)cc1. The number of carbonyl (C=O) groups excluding carboxylic acids is 2. The van der Waals surface area contributed by atoms with Gasteiger partial charge in [-0.15, -0.1) is 0 Å². The van der Waals surface area contributed by atoms with Crippen molar-refractivity contribution >= 4 is 17.3 Å². The molecule has 3 heteroatoms. The van der Waals surface area contributed by atoms with Crippen molar-refractivity contribution in [3.8, 4) is 0 Å².